The molecule has 0 aromatic heterocycles. The van der Waals surface area contributed by atoms with Crippen molar-refractivity contribution in [2.45, 2.75) is 6.42 Å². The fraction of sp³-hybridized carbons (Fsp3) is 0.417. The quantitative estimate of drug-likeness (QED) is 0.812. The van der Waals surface area contributed by atoms with Crippen LogP contribution in [-0.4, -0.2) is 43.7 Å². The highest BCUT2D eigenvalue weighted by Gasteiger charge is 2.36. The molecule has 1 N–H and O–H groups in total. The molecule has 0 unspecified atom stereocenters. The topological polar surface area (TPSA) is 85.3 Å². The fourth-order valence-corrected chi connectivity index (χ4v) is 2.76. The Hall–Kier alpha value is -1.56. The number of carbonyl (C=O) groups is 1. The largest absolute Gasteiger partial charge is 0.508 e. The predicted molar refractivity (Wildman–Crippen MR) is 72.5 cm³/mol. The zero-order chi connectivity index (χ0) is 15.2. The van der Waals surface area contributed by atoms with Gasteiger partial charge in [0.2, 0.25) is 0 Å². The molecule has 1 amide bonds. The Morgan fingerprint density at radius 3 is 2.20 bits per heavy atom. The van der Waals surface area contributed by atoms with E-state index in [1.54, 1.807) is 12.1 Å². The van der Waals surface area contributed by atoms with E-state index >= 15 is 0 Å². The number of methoxy groups -OCH3 is 1. The third-order valence-electron chi connectivity index (χ3n) is 2.69. The van der Waals surface area contributed by atoms with Crippen molar-refractivity contribution < 1.29 is 28.3 Å². The van der Waals surface area contributed by atoms with Gasteiger partial charge in [-0.3, -0.25) is 9.05 Å². The molecule has 7 nitrogen and oxygen atoms in total. The molecule has 0 saturated heterocycles. The first kappa shape index (κ1) is 16.5. The van der Waals surface area contributed by atoms with E-state index in [1.807, 2.05) is 0 Å². The van der Waals surface area contributed by atoms with Crippen LogP contribution in [0.15, 0.2) is 24.3 Å². The van der Waals surface area contributed by atoms with Crippen LogP contribution in [0.4, 0.5) is 4.79 Å². The molecule has 0 bridgehead atoms. The maximum Gasteiger partial charge on any atom is 0.439 e. The fourth-order valence-electron chi connectivity index (χ4n) is 1.59. The molecule has 0 radical (unpaired) electrons. The highest BCUT2D eigenvalue weighted by atomic mass is 31.2. The van der Waals surface area contributed by atoms with E-state index in [9.17, 15) is 14.5 Å². The molecule has 0 aliphatic heterocycles. The van der Waals surface area contributed by atoms with Gasteiger partial charge in [0.05, 0.1) is 7.11 Å². The van der Waals surface area contributed by atoms with Crippen LogP contribution in [0.1, 0.15) is 5.56 Å². The van der Waals surface area contributed by atoms with E-state index < -0.39 is 13.8 Å². The van der Waals surface area contributed by atoms with Crippen molar-refractivity contribution in [1.29, 1.82) is 0 Å². The Bertz CT molecular complexity index is 481. The monoisotopic (exact) mass is 303 g/mol. The van der Waals surface area contributed by atoms with E-state index in [-0.39, 0.29) is 12.3 Å². The Morgan fingerprint density at radius 2 is 1.75 bits per heavy atom. The molecular formula is C12H18NO6P. The zero-order valence-electron chi connectivity index (χ0n) is 11.6. The average Bonchev–Trinajstić information content (AvgIpc) is 2.48. The van der Waals surface area contributed by atoms with Crippen molar-refractivity contribution in [2.24, 2.45) is 0 Å². The lowest BCUT2D eigenvalue weighted by atomic mass is 10.1. The summed E-state index contributed by atoms with van der Waals surface area (Å²) in [6.07, 6.45) is -0.387. The van der Waals surface area contributed by atoms with Crippen LogP contribution < -0.4 is 0 Å². The number of hydrogen-bond acceptors (Lipinski definition) is 6. The lowest BCUT2D eigenvalue weighted by Gasteiger charge is -2.26. The van der Waals surface area contributed by atoms with E-state index in [4.69, 9.17) is 9.05 Å². The second-order valence-electron chi connectivity index (χ2n) is 3.84. The van der Waals surface area contributed by atoms with Crippen LogP contribution in [0.25, 0.3) is 0 Å². The normalized spacial score (nSPS) is 11.2. The summed E-state index contributed by atoms with van der Waals surface area (Å²) in [5, 5.41) is 9.20. The molecule has 0 aliphatic rings. The van der Waals surface area contributed by atoms with Crippen LogP contribution in [-0.2, 0) is 24.8 Å². The van der Waals surface area contributed by atoms with Gasteiger partial charge in [-0.15, -0.1) is 0 Å². The first-order valence-corrected chi connectivity index (χ1v) is 7.31. The number of phenolic OH excluding ortho intramolecular Hbond substituents is 1. The van der Waals surface area contributed by atoms with Crippen LogP contribution in [0, 0.1) is 0 Å². The molecule has 0 saturated carbocycles. The molecule has 0 spiro atoms. The Morgan fingerprint density at radius 1 is 1.20 bits per heavy atom. The summed E-state index contributed by atoms with van der Waals surface area (Å²) in [5.74, 6) is 0.151. The van der Waals surface area contributed by atoms with Crippen molar-refractivity contribution in [3.63, 3.8) is 0 Å². The van der Waals surface area contributed by atoms with Gasteiger partial charge in [-0.2, -0.15) is 0 Å². The van der Waals surface area contributed by atoms with Crippen molar-refractivity contribution in [3.8, 4) is 5.75 Å². The number of carbonyl (C=O) groups excluding carboxylic acids is 1. The van der Waals surface area contributed by atoms with Crippen molar-refractivity contribution in [2.75, 3.05) is 27.9 Å². The SMILES string of the molecule is COC(=O)N(CCc1ccc(O)cc1)P(=O)(OC)OC. The van der Waals surface area contributed by atoms with Crippen LogP contribution in [0.3, 0.4) is 0 Å². The van der Waals surface area contributed by atoms with Gasteiger partial charge < -0.3 is 9.84 Å². The highest BCUT2D eigenvalue weighted by molar-refractivity contribution is 7.52. The molecular weight excluding hydrogens is 285 g/mol. The molecule has 0 fully saturated rings. The van der Waals surface area contributed by atoms with Gasteiger partial charge in [0.1, 0.15) is 5.75 Å². The molecule has 1 aromatic rings. The summed E-state index contributed by atoms with van der Waals surface area (Å²) >= 11 is 0. The van der Waals surface area contributed by atoms with Gasteiger partial charge in [0.25, 0.3) is 0 Å². The van der Waals surface area contributed by atoms with Crippen LogP contribution in [0.2, 0.25) is 0 Å². The second-order valence-corrected chi connectivity index (χ2v) is 5.99. The van der Waals surface area contributed by atoms with Gasteiger partial charge >= 0.3 is 13.8 Å². The van der Waals surface area contributed by atoms with Gasteiger partial charge in [0, 0.05) is 20.8 Å². The molecule has 0 atom stereocenters. The molecule has 1 aromatic carbocycles. The van der Waals surface area contributed by atoms with Crippen LogP contribution in [0.5, 0.6) is 5.75 Å². The van der Waals surface area contributed by atoms with E-state index in [2.05, 4.69) is 4.74 Å². The standard InChI is InChI=1S/C12H18NO6P/c1-17-12(15)13(20(16,18-2)19-3)9-8-10-4-6-11(14)7-5-10/h4-7,14H,8-9H2,1-3H3. The van der Waals surface area contributed by atoms with Crippen LogP contribution >= 0.6 is 7.75 Å². The second kappa shape index (κ2) is 7.28. The minimum Gasteiger partial charge on any atom is -0.508 e. The van der Waals surface area contributed by atoms with E-state index in [1.165, 1.54) is 33.5 Å². The predicted octanol–water partition coefficient (Wildman–Crippen LogP) is 2.40. The summed E-state index contributed by atoms with van der Waals surface area (Å²) in [5.41, 5.74) is 0.857. The summed E-state index contributed by atoms with van der Waals surface area (Å²) in [6, 6.07) is 6.47. The minimum absolute atomic E-state index is 0.0937. The summed E-state index contributed by atoms with van der Waals surface area (Å²) in [6.45, 7) is 0.0937. The summed E-state index contributed by atoms with van der Waals surface area (Å²) < 4.78 is 27.4. The molecule has 112 valence electrons. The zero-order valence-corrected chi connectivity index (χ0v) is 12.5. The minimum atomic E-state index is -3.70. The van der Waals surface area contributed by atoms with Gasteiger partial charge in [-0.05, 0) is 24.1 Å². The third-order valence-corrected chi connectivity index (χ3v) is 4.57. The van der Waals surface area contributed by atoms with E-state index in [0.717, 1.165) is 10.2 Å². The Labute approximate surface area is 117 Å². The number of ether oxygens (including phenoxy) is 1. The molecule has 0 aliphatic carbocycles. The average molecular weight is 303 g/mol. The number of hydrogen-bond donors (Lipinski definition) is 1. The number of nitrogens with zero attached hydrogens (tertiary/aromatic N) is 1. The van der Waals surface area contributed by atoms with Gasteiger partial charge in [-0.25, -0.2) is 14.0 Å². The number of phenols is 1. The first-order valence-electron chi connectivity index (χ1n) is 5.82. The van der Waals surface area contributed by atoms with Crippen molar-refractivity contribution >= 4 is 13.8 Å². The maximum absolute atomic E-state index is 12.3. The Balaban J connectivity index is 2.83. The first-order chi connectivity index (χ1) is 9.46. The maximum atomic E-state index is 12.3. The number of rotatable bonds is 6. The summed E-state index contributed by atoms with van der Waals surface area (Å²) in [7, 11) is -0.125. The molecule has 8 heteroatoms. The van der Waals surface area contributed by atoms with Gasteiger partial charge in [-0.1, -0.05) is 12.1 Å². The van der Waals surface area contributed by atoms with Crippen molar-refractivity contribution in [3.05, 3.63) is 29.8 Å². The molecule has 20 heavy (non-hydrogen) atoms. The lowest BCUT2D eigenvalue weighted by molar-refractivity contribution is 0.131. The number of aromatic hydroxyl groups is 1. The number of amides is 1. The molecule has 1 rings (SSSR count). The van der Waals surface area contributed by atoms with Crippen molar-refractivity contribution in [1.82, 2.24) is 4.67 Å². The lowest BCUT2D eigenvalue weighted by Crippen LogP contribution is -2.31. The van der Waals surface area contributed by atoms with E-state index in [0.29, 0.717) is 6.42 Å². The summed E-state index contributed by atoms with van der Waals surface area (Å²) in [4.78, 5) is 11.7. The number of benzene rings is 1. The van der Waals surface area contributed by atoms with Gasteiger partial charge in [0.15, 0.2) is 0 Å². The molecule has 0 heterocycles. The Kier molecular flexibility index (Phi) is 6.01. The highest BCUT2D eigenvalue weighted by Crippen LogP contribution is 2.50. The third kappa shape index (κ3) is 3.96. The smallest absolute Gasteiger partial charge is 0.439 e.